The zero-order valence-electron chi connectivity index (χ0n) is 10.5. The van der Waals surface area contributed by atoms with Gasteiger partial charge in [0, 0.05) is 0 Å². The van der Waals surface area contributed by atoms with Crippen molar-refractivity contribution in [3.8, 4) is 0 Å². The first-order valence-electron chi connectivity index (χ1n) is 5.45. The van der Waals surface area contributed by atoms with Crippen molar-refractivity contribution >= 4 is 40.7 Å². The van der Waals surface area contributed by atoms with E-state index < -0.39 is 17.4 Å². The van der Waals surface area contributed by atoms with Crippen molar-refractivity contribution in [1.29, 1.82) is 0 Å². The summed E-state index contributed by atoms with van der Waals surface area (Å²) >= 11 is 11.7. The summed E-state index contributed by atoms with van der Waals surface area (Å²) in [4.78, 5) is 23.3. The number of nitrogens with one attached hydrogen (secondary N) is 2. The summed E-state index contributed by atoms with van der Waals surface area (Å²) in [5, 5.41) is 14.2. The number of carbonyl (C=O) groups is 2. The molecule has 0 bridgehead atoms. The SMILES string of the molecule is CC(C)(CO)NC(=O)C(=O)Nc1c(Cl)cccc1Cl. The minimum Gasteiger partial charge on any atom is -0.394 e. The molecule has 0 aromatic heterocycles. The molecule has 7 heteroatoms. The van der Waals surface area contributed by atoms with Crippen molar-refractivity contribution < 1.29 is 14.7 Å². The maximum Gasteiger partial charge on any atom is 0.313 e. The Morgan fingerprint density at radius 2 is 1.74 bits per heavy atom. The second-order valence-electron chi connectivity index (χ2n) is 4.55. The fourth-order valence-electron chi connectivity index (χ4n) is 1.19. The molecule has 19 heavy (non-hydrogen) atoms. The van der Waals surface area contributed by atoms with Gasteiger partial charge in [-0.2, -0.15) is 0 Å². The van der Waals surface area contributed by atoms with Gasteiger partial charge in [0.1, 0.15) is 0 Å². The van der Waals surface area contributed by atoms with Gasteiger partial charge in [-0.1, -0.05) is 29.3 Å². The predicted molar refractivity (Wildman–Crippen MR) is 74.4 cm³/mol. The van der Waals surface area contributed by atoms with Crippen molar-refractivity contribution in [2.24, 2.45) is 0 Å². The highest BCUT2D eigenvalue weighted by Gasteiger charge is 2.24. The monoisotopic (exact) mass is 304 g/mol. The molecule has 0 spiro atoms. The third-order valence-electron chi connectivity index (χ3n) is 2.25. The molecule has 0 saturated heterocycles. The number of rotatable bonds is 3. The number of carbonyl (C=O) groups excluding carboxylic acids is 2. The van der Waals surface area contributed by atoms with Gasteiger partial charge in [0.05, 0.1) is 27.9 Å². The number of halogens is 2. The lowest BCUT2D eigenvalue weighted by Crippen LogP contribution is -2.50. The Morgan fingerprint density at radius 1 is 1.21 bits per heavy atom. The van der Waals surface area contributed by atoms with E-state index in [9.17, 15) is 9.59 Å². The number of hydrogen-bond acceptors (Lipinski definition) is 3. The number of para-hydroxylation sites is 1. The van der Waals surface area contributed by atoms with Crippen LogP contribution in [-0.2, 0) is 9.59 Å². The molecule has 104 valence electrons. The quantitative estimate of drug-likeness (QED) is 0.745. The number of aliphatic hydroxyl groups excluding tert-OH is 1. The molecule has 2 amide bonds. The van der Waals surface area contributed by atoms with Gasteiger partial charge in [0.2, 0.25) is 0 Å². The third-order valence-corrected chi connectivity index (χ3v) is 2.88. The van der Waals surface area contributed by atoms with Crippen molar-refractivity contribution in [2.45, 2.75) is 19.4 Å². The van der Waals surface area contributed by atoms with E-state index in [0.717, 1.165) is 0 Å². The molecular formula is C12H14Cl2N2O3. The maximum atomic E-state index is 11.7. The summed E-state index contributed by atoms with van der Waals surface area (Å²) in [6, 6.07) is 4.70. The van der Waals surface area contributed by atoms with Gasteiger partial charge >= 0.3 is 11.8 Å². The summed E-state index contributed by atoms with van der Waals surface area (Å²) in [6.45, 7) is 2.88. The molecular weight excluding hydrogens is 291 g/mol. The summed E-state index contributed by atoms with van der Waals surface area (Å²) in [6.07, 6.45) is 0. The molecule has 0 radical (unpaired) electrons. The average Bonchev–Trinajstić information content (AvgIpc) is 2.33. The Hall–Kier alpha value is -1.30. The fourth-order valence-corrected chi connectivity index (χ4v) is 1.68. The van der Waals surface area contributed by atoms with Crippen molar-refractivity contribution in [1.82, 2.24) is 5.32 Å². The van der Waals surface area contributed by atoms with E-state index in [1.807, 2.05) is 0 Å². The highest BCUT2D eigenvalue weighted by atomic mass is 35.5. The molecule has 0 fully saturated rings. The van der Waals surface area contributed by atoms with Crippen LogP contribution < -0.4 is 10.6 Å². The summed E-state index contributed by atoms with van der Waals surface area (Å²) in [5.41, 5.74) is -0.716. The Morgan fingerprint density at radius 3 is 2.21 bits per heavy atom. The molecule has 1 aromatic carbocycles. The first-order chi connectivity index (χ1) is 8.76. The topological polar surface area (TPSA) is 78.4 Å². The molecule has 0 aliphatic heterocycles. The smallest absolute Gasteiger partial charge is 0.313 e. The Labute approximate surface area is 120 Å². The molecule has 0 aliphatic carbocycles. The standard InChI is InChI=1S/C12H14Cl2N2O3/c1-12(2,6-17)16-11(19)10(18)15-9-7(13)4-3-5-8(9)14/h3-5,17H,6H2,1-2H3,(H,15,18)(H,16,19). The Bertz CT molecular complexity index is 483. The van der Waals surface area contributed by atoms with Gasteiger partial charge in [-0.3, -0.25) is 9.59 Å². The van der Waals surface area contributed by atoms with Gasteiger partial charge in [-0.25, -0.2) is 0 Å². The van der Waals surface area contributed by atoms with Crippen LogP contribution >= 0.6 is 23.2 Å². The second kappa shape index (κ2) is 6.23. The molecule has 0 saturated carbocycles. The first kappa shape index (κ1) is 15.8. The van der Waals surface area contributed by atoms with E-state index in [-0.39, 0.29) is 22.3 Å². The molecule has 5 nitrogen and oxygen atoms in total. The number of hydrogen-bond donors (Lipinski definition) is 3. The van der Waals surface area contributed by atoms with Gasteiger partial charge in [0.25, 0.3) is 0 Å². The highest BCUT2D eigenvalue weighted by Crippen LogP contribution is 2.29. The number of anilines is 1. The minimum absolute atomic E-state index is 0.174. The summed E-state index contributed by atoms with van der Waals surface area (Å²) < 4.78 is 0. The molecule has 0 atom stereocenters. The minimum atomic E-state index is -0.906. The summed E-state index contributed by atoms with van der Waals surface area (Å²) in [5.74, 6) is -1.79. The largest absolute Gasteiger partial charge is 0.394 e. The lowest BCUT2D eigenvalue weighted by atomic mass is 10.1. The van der Waals surface area contributed by atoms with Crippen LogP contribution in [0.25, 0.3) is 0 Å². The summed E-state index contributed by atoms with van der Waals surface area (Å²) in [7, 11) is 0. The molecule has 0 heterocycles. The molecule has 1 rings (SSSR count). The molecule has 1 aromatic rings. The van der Waals surface area contributed by atoms with Crippen molar-refractivity contribution in [3.63, 3.8) is 0 Å². The lowest BCUT2D eigenvalue weighted by molar-refractivity contribution is -0.137. The van der Waals surface area contributed by atoms with Crippen LogP contribution in [0.3, 0.4) is 0 Å². The van der Waals surface area contributed by atoms with Gasteiger partial charge < -0.3 is 15.7 Å². The highest BCUT2D eigenvalue weighted by molar-refractivity contribution is 6.44. The van der Waals surface area contributed by atoms with Crippen LogP contribution in [0.2, 0.25) is 10.0 Å². The van der Waals surface area contributed by atoms with E-state index in [1.54, 1.807) is 32.0 Å². The molecule has 0 unspecified atom stereocenters. The maximum absolute atomic E-state index is 11.7. The number of aliphatic hydroxyl groups is 1. The van der Waals surface area contributed by atoms with Gasteiger partial charge in [0.15, 0.2) is 0 Å². The third kappa shape index (κ3) is 4.38. The second-order valence-corrected chi connectivity index (χ2v) is 5.36. The molecule has 0 aliphatic rings. The van der Waals surface area contributed by atoms with Gasteiger partial charge in [-0.05, 0) is 26.0 Å². The van der Waals surface area contributed by atoms with Crippen molar-refractivity contribution in [3.05, 3.63) is 28.2 Å². The van der Waals surface area contributed by atoms with E-state index in [4.69, 9.17) is 28.3 Å². The average molecular weight is 305 g/mol. The zero-order chi connectivity index (χ0) is 14.6. The van der Waals surface area contributed by atoms with Crippen molar-refractivity contribution in [2.75, 3.05) is 11.9 Å². The first-order valence-corrected chi connectivity index (χ1v) is 6.21. The van der Waals surface area contributed by atoms with Crippen LogP contribution in [0, 0.1) is 0 Å². The normalized spacial score (nSPS) is 11.0. The lowest BCUT2D eigenvalue weighted by Gasteiger charge is -2.23. The van der Waals surface area contributed by atoms with Crippen LogP contribution in [-0.4, -0.2) is 29.1 Å². The van der Waals surface area contributed by atoms with E-state index in [2.05, 4.69) is 10.6 Å². The number of benzene rings is 1. The van der Waals surface area contributed by atoms with E-state index >= 15 is 0 Å². The predicted octanol–water partition coefficient (Wildman–Crippen LogP) is 1.82. The zero-order valence-corrected chi connectivity index (χ0v) is 12.0. The Kier molecular flexibility index (Phi) is 5.17. The molecule has 3 N–H and O–H groups in total. The fraction of sp³-hybridized carbons (Fsp3) is 0.333. The van der Waals surface area contributed by atoms with Crippen LogP contribution in [0.1, 0.15) is 13.8 Å². The van der Waals surface area contributed by atoms with E-state index in [1.165, 1.54) is 0 Å². The van der Waals surface area contributed by atoms with Crippen LogP contribution in [0.5, 0.6) is 0 Å². The number of amides is 2. The Balaban J connectivity index is 2.78. The van der Waals surface area contributed by atoms with Crippen LogP contribution in [0.15, 0.2) is 18.2 Å². The van der Waals surface area contributed by atoms with Gasteiger partial charge in [-0.15, -0.1) is 0 Å². The van der Waals surface area contributed by atoms with Crippen LogP contribution in [0.4, 0.5) is 5.69 Å². The van der Waals surface area contributed by atoms with E-state index in [0.29, 0.717) is 0 Å².